The van der Waals surface area contributed by atoms with Crippen molar-refractivity contribution >= 4 is 0 Å². The van der Waals surface area contributed by atoms with Crippen LogP contribution in [0.25, 0.3) is 0 Å². The highest BCUT2D eigenvalue weighted by molar-refractivity contribution is 4.63. The van der Waals surface area contributed by atoms with Crippen molar-refractivity contribution in [3.05, 3.63) is 0 Å². The third-order valence-electron chi connectivity index (χ3n) is 3.30. The number of rotatable bonds is 10. The molecule has 0 aromatic rings. The van der Waals surface area contributed by atoms with E-state index in [9.17, 15) is 0 Å². The zero-order chi connectivity index (χ0) is 12.4. The van der Waals surface area contributed by atoms with Gasteiger partial charge < -0.3 is 10.2 Å². The van der Waals surface area contributed by atoms with E-state index < -0.39 is 0 Å². The van der Waals surface area contributed by atoms with Crippen molar-refractivity contribution < 1.29 is 0 Å². The first-order valence-electron chi connectivity index (χ1n) is 7.01. The predicted octanol–water partition coefficient (Wildman–Crippen LogP) is 3.28. The molecule has 1 atom stereocenters. The van der Waals surface area contributed by atoms with Crippen molar-refractivity contribution in [1.29, 1.82) is 0 Å². The smallest absolute Gasteiger partial charge is 0.00387 e. The first-order valence-corrected chi connectivity index (χ1v) is 7.01. The van der Waals surface area contributed by atoms with Gasteiger partial charge >= 0.3 is 0 Å². The lowest BCUT2D eigenvalue weighted by Crippen LogP contribution is -2.32. The average molecular weight is 228 g/mol. The predicted molar refractivity (Wildman–Crippen MR) is 74.0 cm³/mol. The molecule has 0 saturated heterocycles. The number of nitrogens with zero attached hydrogens (tertiary/aromatic N) is 1. The molecule has 0 spiro atoms. The first-order chi connectivity index (χ1) is 7.57. The largest absolute Gasteiger partial charge is 0.314 e. The van der Waals surface area contributed by atoms with Gasteiger partial charge in [0.05, 0.1) is 0 Å². The molecule has 0 rings (SSSR count). The van der Waals surface area contributed by atoms with Crippen LogP contribution in [0.4, 0.5) is 0 Å². The fraction of sp³-hybridized carbons (Fsp3) is 1.00. The summed E-state index contributed by atoms with van der Waals surface area (Å²) in [4.78, 5) is 2.41. The zero-order valence-corrected chi connectivity index (χ0v) is 12.1. The molecule has 0 aromatic carbocycles. The third-order valence-corrected chi connectivity index (χ3v) is 3.30. The van der Waals surface area contributed by atoms with Crippen LogP contribution in [-0.2, 0) is 0 Å². The summed E-state index contributed by atoms with van der Waals surface area (Å²) < 4.78 is 0. The Labute approximate surface area is 103 Å². The summed E-state index contributed by atoms with van der Waals surface area (Å²) in [5.41, 5.74) is 0. The van der Waals surface area contributed by atoms with E-state index in [1.54, 1.807) is 0 Å². The van der Waals surface area contributed by atoms with Crippen molar-refractivity contribution in [3.8, 4) is 0 Å². The maximum atomic E-state index is 3.61. The van der Waals surface area contributed by atoms with Gasteiger partial charge in [-0.15, -0.1) is 0 Å². The Hall–Kier alpha value is -0.0800. The van der Waals surface area contributed by atoms with Gasteiger partial charge in [0.1, 0.15) is 0 Å². The highest BCUT2D eigenvalue weighted by Crippen LogP contribution is 2.02. The van der Waals surface area contributed by atoms with Crippen LogP contribution in [-0.4, -0.2) is 37.1 Å². The Morgan fingerprint density at radius 3 is 2.31 bits per heavy atom. The maximum absolute atomic E-state index is 3.61. The monoisotopic (exact) mass is 228 g/mol. The second-order valence-electron chi connectivity index (χ2n) is 5.28. The van der Waals surface area contributed by atoms with Gasteiger partial charge in [0.15, 0.2) is 0 Å². The normalized spacial score (nSPS) is 13.7. The van der Waals surface area contributed by atoms with Crippen LogP contribution < -0.4 is 5.32 Å². The van der Waals surface area contributed by atoms with Gasteiger partial charge in [-0.2, -0.15) is 0 Å². The van der Waals surface area contributed by atoms with Crippen molar-refractivity contribution in [2.45, 2.75) is 71.9 Å². The van der Waals surface area contributed by atoms with Crippen LogP contribution in [0.15, 0.2) is 0 Å². The molecule has 0 aromatic heterocycles. The summed E-state index contributed by atoms with van der Waals surface area (Å²) in [5.74, 6) is 0. The summed E-state index contributed by atoms with van der Waals surface area (Å²) in [7, 11) is 2.20. The second kappa shape index (κ2) is 10.1. The standard InChI is InChI=1S/C14H32N2/c1-6-7-8-10-14(4)15-11-9-12-16(5)13(2)3/h13-15H,6-12H2,1-5H3. The van der Waals surface area contributed by atoms with Crippen molar-refractivity contribution in [2.24, 2.45) is 0 Å². The fourth-order valence-corrected chi connectivity index (χ4v) is 1.74. The molecule has 0 heterocycles. The van der Waals surface area contributed by atoms with E-state index in [1.165, 1.54) is 38.6 Å². The molecule has 1 N–H and O–H groups in total. The van der Waals surface area contributed by atoms with Crippen LogP contribution in [0, 0.1) is 0 Å². The molecule has 0 saturated carbocycles. The van der Waals surface area contributed by atoms with E-state index >= 15 is 0 Å². The quantitative estimate of drug-likeness (QED) is 0.577. The molecular formula is C14H32N2. The van der Waals surface area contributed by atoms with E-state index in [1.807, 2.05) is 0 Å². The Bertz CT molecular complexity index is 146. The second-order valence-corrected chi connectivity index (χ2v) is 5.28. The van der Waals surface area contributed by atoms with Crippen LogP contribution in [0.5, 0.6) is 0 Å². The minimum Gasteiger partial charge on any atom is -0.314 e. The molecule has 0 aliphatic heterocycles. The summed E-state index contributed by atoms with van der Waals surface area (Å²) in [6, 6.07) is 1.36. The molecular weight excluding hydrogens is 196 g/mol. The topological polar surface area (TPSA) is 15.3 Å². The van der Waals surface area contributed by atoms with E-state index in [0.29, 0.717) is 12.1 Å². The molecule has 2 heteroatoms. The molecule has 2 nitrogen and oxygen atoms in total. The fourth-order valence-electron chi connectivity index (χ4n) is 1.74. The van der Waals surface area contributed by atoms with Gasteiger partial charge in [-0.25, -0.2) is 0 Å². The van der Waals surface area contributed by atoms with E-state index in [-0.39, 0.29) is 0 Å². The minimum absolute atomic E-state index is 0.668. The van der Waals surface area contributed by atoms with Crippen molar-refractivity contribution in [1.82, 2.24) is 10.2 Å². The number of nitrogens with one attached hydrogen (secondary N) is 1. The van der Waals surface area contributed by atoms with Gasteiger partial charge in [0, 0.05) is 12.1 Å². The summed E-state index contributed by atoms with van der Waals surface area (Å²) >= 11 is 0. The summed E-state index contributed by atoms with van der Waals surface area (Å²) in [6.45, 7) is 11.4. The molecule has 0 aliphatic carbocycles. The molecule has 98 valence electrons. The van der Waals surface area contributed by atoms with Crippen LogP contribution in [0.1, 0.15) is 59.8 Å². The molecule has 0 radical (unpaired) electrons. The van der Waals surface area contributed by atoms with Gasteiger partial charge in [-0.1, -0.05) is 26.2 Å². The average Bonchev–Trinajstić information content (AvgIpc) is 2.24. The Morgan fingerprint density at radius 1 is 1.06 bits per heavy atom. The highest BCUT2D eigenvalue weighted by Gasteiger charge is 2.03. The SMILES string of the molecule is CCCCCC(C)NCCCN(C)C(C)C. The van der Waals surface area contributed by atoms with Gasteiger partial charge in [0.2, 0.25) is 0 Å². The lowest BCUT2D eigenvalue weighted by atomic mass is 10.1. The lowest BCUT2D eigenvalue weighted by Gasteiger charge is -2.21. The van der Waals surface area contributed by atoms with Crippen LogP contribution in [0.2, 0.25) is 0 Å². The molecule has 0 bridgehead atoms. The Balaban J connectivity index is 3.30. The number of hydrogen-bond donors (Lipinski definition) is 1. The van der Waals surface area contributed by atoms with Crippen molar-refractivity contribution in [3.63, 3.8) is 0 Å². The number of unbranched alkanes of at least 4 members (excludes halogenated alkanes) is 2. The van der Waals surface area contributed by atoms with Crippen molar-refractivity contribution in [2.75, 3.05) is 20.1 Å². The highest BCUT2D eigenvalue weighted by atomic mass is 15.1. The molecule has 1 unspecified atom stereocenters. The number of hydrogen-bond acceptors (Lipinski definition) is 2. The molecule has 16 heavy (non-hydrogen) atoms. The lowest BCUT2D eigenvalue weighted by molar-refractivity contribution is 0.267. The minimum atomic E-state index is 0.668. The molecule has 0 amide bonds. The van der Waals surface area contributed by atoms with Gasteiger partial charge in [-0.3, -0.25) is 0 Å². The zero-order valence-electron chi connectivity index (χ0n) is 12.1. The summed E-state index contributed by atoms with van der Waals surface area (Å²) in [6.07, 6.45) is 6.66. The van der Waals surface area contributed by atoms with Gasteiger partial charge in [0.25, 0.3) is 0 Å². The van der Waals surface area contributed by atoms with Crippen LogP contribution >= 0.6 is 0 Å². The third kappa shape index (κ3) is 9.17. The maximum Gasteiger partial charge on any atom is 0.00387 e. The Morgan fingerprint density at radius 2 is 1.75 bits per heavy atom. The van der Waals surface area contributed by atoms with E-state index in [4.69, 9.17) is 0 Å². The van der Waals surface area contributed by atoms with Crippen LogP contribution in [0.3, 0.4) is 0 Å². The molecule has 0 aliphatic rings. The summed E-state index contributed by atoms with van der Waals surface area (Å²) in [5, 5.41) is 3.61. The van der Waals surface area contributed by atoms with E-state index in [2.05, 4.69) is 45.0 Å². The van der Waals surface area contributed by atoms with E-state index in [0.717, 1.165) is 6.54 Å². The molecule has 0 fully saturated rings. The Kier molecular flexibility index (Phi) is 10.0. The van der Waals surface area contributed by atoms with Gasteiger partial charge in [-0.05, 0) is 53.8 Å². The first kappa shape index (κ1) is 15.9.